The lowest BCUT2D eigenvalue weighted by Gasteiger charge is -2.06. The van der Waals surface area contributed by atoms with Crippen molar-refractivity contribution in [1.82, 2.24) is 9.97 Å². The molecule has 2 heterocycles. The minimum Gasteiger partial charge on any atom is -0.298 e. The van der Waals surface area contributed by atoms with E-state index in [-0.39, 0.29) is 16.2 Å². The summed E-state index contributed by atoms with van der Waals surface area (Å²) in [6, 6.07) is 3.09. The maximum atomic E-state index is 12.1. The van der Waals surface area contributed by atoms with E-state index in [9.17, 15) is 4.79 Å². The summed E-state index contributed by atoms with van der Waals surface area (Å²) in [7, 11) is 0. The Hall–Kier alpha value is -1.17. The molecule has 2 aromatic heterocycles. The topological polar surface area (TPSA) is 54.9 Å². The number of pyridine rings is 1. The second-order valence-corrected chi connectivity index (χ2v) is 6.35. The number of nitrogens with zero attached hydrogens (tertiary/aromatic N) is 2. The van der Waals surface area contributed by atoms with Crippen LogP contribution in [0.4, 0.5) is 5.13 Å². The molecule has 0 unspecified atom stereocenters. The first-order chi connectivity index (χ1) is 9.63. The maximum Gasteiger partial charge on any atom is 0.260 e. The Morgan fingerprint density at radius 1 is 1.20 bits per heavy atom. The van der Waals surface area contributed by atoms with Crippen LogP contribution in [0.2, 0.25) is 10.3 Å². The molecular weight excluding hydrogens is 317 g/mol. The molecule has 0 spiro atoms. The van der Waals surface area contributed by atoms with Gasteiger partial charge in [-0.1, -0.05) is 23.2 Å². The molecule has 1 aliphatic carbocycles. The summed E-state index contributed by atoms with van der Waals surface area (Å²) in [4.78, 5) is 21.7. The number of nitrogens with one attached hydrogen (secondary N) is 1. The molecule has 1 aliphatic rings. The number of aryl methyl sites for hydroxylation is 2. The SMILES string of the molecule is O=C(Nc1nc2c(s1)CCCC2)c1ccc(Cl)nc1Cl. The van der Waals surface area contributed by atoms with Crippen LogP contribution < -0.4 is 5.32 Å². The predicted octanol–water partition coefficient (Wildman–Crippen LogP) is 3.98. The summed E-state index contributed by atoms with van der Waals surface area (Å²) in [5, 5.41) is 3.75. The Balaban J connectivity index is 1.80. The van der Waals surface area contributed by atoms with Crippen LogP contribution in [-0.2, 0) is 12.8 Å². The van der Waals surface area contributed by atoms with Crippen LogP contribution in [0.25, 0.3) is 0 Å². The van der Waals surface area contributed by atoms with Gasteiger partial charge in [0.05, 0.1) is 11.3 Å². The Labute approximate surface area is 130 Å². The molecule has 1 amide bonds. The van der Waals surface area contributed by atoms with E-state index in [2.05, 4.69) is 15.3 Å². The number of thiazole rings is 1. The largest absolute Gasteiger partial charge is 0.298 e. The number of carbonyl (C=O) groups excluding carboxylic acids is 1. The normalized spacial score (nSPS) is 13.9. The molecule has 0 radical (unpaired) electrons. The smallest absolute Gasteiger partial charge is 0.260 e. The Morgan fingerprint density at radius 2 is 2.00 bits per heavy atom. The Morgan fingerprint density at radius 3 is 2.75 bits per heavy atom. The number of hydrogen-bond acceptors (Lipinski definition) is 4. The van der Waals surface area contributed by atoms with E-state index in [1.165, 1.54) is 28.7 Å². The van der Waals surface area contributed by atoms with E-state index >= 15 is 0 Å². The first-order valence-electron chi connectivity index (χ1n) is 6.25. The molecule has 0 fully saturated rings. The number of anilines is 1. The summed E-state index contributed by atoms with van der Waals surface area (Å²) in [6.45, 7) is 0. The van der Waals surface area contributed by atoms with E-state index in [1.807, 2.05) is 0 Å². The van der Waals surface area contributed by atoms with Crippen molar-refractivity contribution in [3.05, 3.63) is 38.6 Å². The molecule has 20 heavy (non-hydrogen) atoms. The second kappa shape index (κ2) is 5.68. The predicted molar refractivity (Wildman–Crippen MR) is 81.0 cm³/mol. The molecule has 1 N–H and O–H groups in total. The fraction of sp³-hybridized carbons (Fsp3) is 0.308. The van der Waals surface area contributed by atoms with E-state index in [1.54, 1.807) is 6.07 Å². The summed E-state index contributed by atoms with van der Waals surface area (Å²) in [6.07, 6.45) is 4.39. The van der Waals surface area contributed by atoms with Gasteiger partial charge in [0, 0.05) is 4.88 Å². The summed E-state index contributed by atoms with van der Waals surface area (Å²) < 4.78 is 0. The summed E-state index contributed by atoms with van der Waals surface area (Å²) >= 11 is 13.2. The minimum atomic E-state index is -0.315. The molecule has 0 aromatic carbocycles. The number of amides is 1. The van der Waals surface area contributed by atoms with Crippen LogP contribution in [0.5, 0.6) is 0 Å². The van der Waals surface area contributed by atoms with Crippen LogP contribution >= 0.6 is 34.5 Å². The van der Waals surface area contributed by atoms with Gasteiger partial charge >= 0.3 is 0 Å². The van der Waals surface area contributed by atoms with Crippen molar-refractivity contribution in [2.45, 2.75) is 25.7 Å². The van der Waals surface area contributed by atoms with Crippen LogP contribution in [0, 0.1) is 0 Å². The van der Waals surface area contributed by atoms with Gasteiger partial charge in [-0.25, -0.2) is 9.97 Å². The molecule has 0 aliphatic heterocycles. The maximum absolute atomic E-state index is 12.1. The highest BCUT2D eigenvalue weighted by Crippen LogP contribution is 2.30. The fourth-order valence-electron chi connectivity index (χ4n) is 2.15. The molecule has 3 rings (SSSR count). The molecule has 2 aromatic rings. The van der Waals surface area contributed by atoms with Crippen LogP contribution in [0.1, 0.15) is 33.8 Å². The van der Waals surface area contributed by atoms with E-state index < -0.39 is 0 Å². The highest BCUT2D eigenvalue weighted by molar-refractivity contribution is 7.15. The number of fused-ring (bicyclic) bond motifs is 1. The molecule has 104 valence electrons. The fourth-order valence-corrected chi connectivity index (χ4v) is 3.63. The average Bonchev–Trinajstić information content (AvgIpc) is 2.80. The van der Waals surface area contributed by atoms with E-state index in [4.69, 9.17) is 23.2 Å². The van der Waals surface area contributed by atoms with Gasteiger partial charge in [0.15, 0.2) is 5.13 Å². The van der Waals surface area contributed by atoms with Gasteiger partial charge in [0.1, 0.15) is 10.3 Å². The van der Waals surface area contributed by atoms with Gasteiger partial charge in [-0.15, -0.1) is 11.3 Å². The van der Waals surface area contributed by atoms with Crippen molar-refractivity contribution in [3.8, 4) is 0 Å². The molecular formula is C13H11Cl2N3OS. The lowest BCUT2D eigenvalue weighted by molar-refractivity contribution is 0.102. The van der Waals surface area contributed by atoms with Crippen molar-refractivity contribution in [2.75, 3.05) is 5.32 Å². The monoisotopic (exact) mass is 327 g/mol. The van der Waals surface area contributed by atoms with Crippen LogP contribution in [0.15, 0.2) is 12.1 Å². The van der Waals surface area contributed by atoms with Gasteiger partial charge in [-0.3, -0.25) is 10.1 Å². The van der Waals surface area contributed by atoms with Gasteiger partial charge in [0.2, 0.25) is 0 Å². The Kier molecular flexibility index (Phi) is 3.92. The van der Waals surface area contributed by atoms with Gasteiger partial charge in [-0.2, -0.15) is 0 Å². The molecule has 0 saturated carbocycles. The third-order valence-corrected chi connectivity index (χ3v) is 4.70. The van der Waals surface area contributed by atoms with Crippen LogP contribution in [0.3, 0.4) is 0 Å². The van der Waals surface area contributed by atoms with Crippen molar-refractivity contribution in [2.24, 2.45) is 0 Å². The number of hydrogen-bond donors (Lipinski definition) is 1. The average molecular weight is 328 g/mol. The van der Waals surface area contributed by atoms with E-state index in [0.29, 0.717) is 10.7 Å². The number of aromatic nitrogens is 2. The molecule has 4 nitrogen and oxygen atoms in total. The third kappa shape index (κ3) is 2.80. The first kappa shape index (κ1) is 13.8. The zero-order chi connectivity index (χ0) is 14.1. The zero-order valence-corrected chi connectivity index (χ0v) is 12.8. The summed E-state index contributed by atoms with van der Waals surface area (Å²) in [5.74, 6) is -0.315. The van der Waals surface area contributed by atoms with Crippen LogP contribution in [-0.4, -0.2) is 15.9 Å². The molecule has 0 saturated heterocycles. The van der Waals surface area contributed by atoms with Crippen molar-refractivity contribution in [1.29, 1.82) is 0 Å². The van der Waals surface area contributed by atoms with E-state index in [0.717, 1.165) is 25.0 Å². The number of rotatable bonds is 2. The van der Waals surface area contributed by atoms with Crippen molar-refractivity contribution in [3.63, 3.8) is 0 Å². The second-order valence-electron chi connectivity index (χ2n) is 4.52. The van der Waals surface area contributed by atoms with Gasteiger partial charge in [-0.05, 0) is 37.8 Å². The number of halogens is 2. The third-order valence-electron chi connectivity index (χ3n) is 3.13. The molecule has 7 heteroatoms. The lowest BCUT2D eigenvalue weighted by Crippen LogP contribution is -2.13. The lowest BCUT2D eigenvalue weighted by atomic mass is 10.0. The minimum absolute atomic E-state index is 0.0938. The summed E-state index contributed by atoms with van der Waals surface area (Å²) in [5.41, 5.74) is 1.40. The van der Waals surface area contributed by atoms with Gasteiger partial charge in [0.25, 0.3) is 5.91 Å². The van der Waals surface area contributed by atoms with Crippen molar-refractivity contribution >= 4 is 45.6 Å². The highest BCUT2D eigenvalue weighted by atomic mass is 35.5. The quantitative estimate of drug-likeness (QED) is 0.849. The first-order valence-corrected chi connectivity index (χ1v) is 7.82. The standard InChI is InChI=1S/C13H11Cl2N3OS/c14-10-6-5-7(11(15)17-10)12(19)18-13-16-8-3-1-2-4-9(8)20-13/h5-6H,1-4H2,(H,16,18,19). The van der Waals surface area contributed by atoms with Crippen molar-refractivity contribution < 1.29 is 4.79 Å². The Bertz CT molecular complexity index is 648. The van der Waals surface area contributed by atoms with Gasteiger partial charge < -0.3 is 0 Å². The number of carbonyl (C=O) groups is 1. The molecule has 0 atom stereocenters. The molecule has 0 bridgehead atoms. The zero-order valence-electron chi connectivity index (χ0n) is 10.4. The highest BCUT2D eigenvalue weighted by Gasteiger charge is 2.18.